The highest BCUT2D eigenvalue weighted by Gasteiger charge is 2.25. The summed E-state index contributed by atoms with van der Waals surface area (Å²) in [4.78, 5) is 19.0. The first kappa shape index (κ1) is 17.6. The molecule has 3 aromatic rings. The quantitative estimate of drug-likeness (QED) is 0.707. The van der Waals surface area contributed by atoms with Gasteiger partial charge in [-0.2, -0.15) is 0 Å². The molecule has 1 aliphatic heterocycles. The summed E-state index contributed by atoms with van der Waals surface area (Å²) in [6, 6.07) is 19.6. The molecular weight excluding hydrogens is 358 g/mol. The Hall–Kier alpha value is -2.85. The fourth-order valence-electron chi connectivity index (χ4n) is 3.36. The molecule has 0 saturated carbocycles. The van der Waals surface area contributed by atoms with Gasteiger partial charge in [0.25, 0.3) is 5.91 Å². The van der Waals surface area contributed by atoms with Crippen molar-refractivity contribution in [3.8, 4) is 0 Å². The normalized spacial score (nSPS) is 12.7. The molecule has 0 fully saturated rings. The summed E-state index contributed by atoms with van der Waals surface area (Å²) in [7, 11) is 0. The second-order valence-electron chi connectivity index (χ2n) is 6.57. The topological polar surface area (TPSA) is 45.2 Å². The number of anilines is 2. The van der Waals surface area contributed by atoms with E-state index >= 15 is 0 Å². The number of nitrogens with zero attached hydrogens (tertiary/aromatic N) is 2. The third-order valence-electron chi connectivity index (χ3n) is 4.75. The Morgan fingerprint density at radius 2 is 2.00 bits per heavy atom. The summed E-state index contributed by atoms with van der Waals surface area (Å²) in [5.74, 6) is -0.0505. The first-order chi connectivity index (χ1) is 13.2. The number of carbonyl (C=O) groups excluding carboxylic acids is 1. The molecule has 136 valence electrons. The Morgan fingerprint density at radius 3 is 2.81 bits per heavy atom. The van der Waals surface area contributed by atoms with Gasteiger partial charge in [0.15, 0.2) is 0 Å². The number of nitrogens with one attached hydrogen (secondary N) is 1. The van der Waals surface area contributed by atoms with Gasteiger partial charge >= 0.3 is 0 Å². The predicted octanol–water partition coefficient (Wildman–Crippen LogP) is 4.59. The van der Waals surface area contributed by atoms with E-state index in [9.17, 15) is 4.79 Å². The minimum absolute atomic E-state index is 0.0505. The maximum absolute atomic E-state index is 12.8. The van der Waals surface area contributed by atoms with Crippen molar-refractivity contribution < 1.29 is 4.79 Å². The van der Waals surface area contributed by atoms with Crippen LogP contribution in [0.4, 0.5) is 11.4 Å². The highest BCUT2D eigenvalue weighted by atomic mass is 35.5. The summed E-state index contributed by atoms with van der Waals surface area (Å²) in [6.07, 6.45) is 3.48. The summed E-state index contributed by atoms with van der Waals surface area (Å²) >= 11 is 6.01. The number of hydrogen-bond acceptors (Lipinski definition) is 3. The molecule has 2 heterocycles. The molecule has 0 spiro atoms. The molecule has 0 aliphatic carbocycles. The molecule has 0 atom stereocenters. The van der Waals surface area contributed by atoms with Crippen LogP contribution in [0.15, 0.2) is 66.9 Å². The third-order valence-corrected chi connectivity index (χ3v) is 4.98. The van der Waals surface area contributed by atoms with Crippen molar-refractivity contribution in [3.05, 3.63) is 88.7 Å². The minimum atomic E-state index is -0.0505. The number of rotatable bonds is 5. The van der Waals surface area contributed by atoms with E-state index in [2.05, 4.69) is 22.4 Å². The molecule has 1 aliphatic rings. The highest BCUT2D eigenvalue weighted by molar-refractivity contribution is 6.30. The van der Waals surface area contributed by atoms with Gasteiger partial charge in [-0.25, -0.2) is 4.98 Å². The van der Waals surface area contributed by atoms with Gasteiger partial charge in [0.05, 0.1) is 11.9 Å². The lowest BCUT2D eigenvalue weighted by Gasteiger charge is -2.17. The number of amides is 1. The predicted molar refractivity (Wildman–Crippen MR) is 110 cm³/mol. The SMILES string of the molecule is O=C(c1ccc(NCCc2cccc(Cl)c2)cn1)N1CCc2ccccc21. The maximum atomic E-state index is 12.8. The number of halogens is 1. The van der Waals surface area contributed by atoms with Gasteiger partial charge in [-0.1, -0.05) is 41.9 Å². The lowest BCUT2D eigenvalue weighted by Crippen LogP contribution is -2.29. The first-order valence-corrected chi connectivity index (χ1v) is 9.43. The van der Waals surface area contributed by atoms with Gasteiger partial charge < -0.3 is 10.2 Å². The number of fused-ring (bicyclic) bond motifs is 1. The average Bonchev–Trinajstić information content (AvgIpc) is 3.12. The number of para-hydroxylation sites is 1. The van der Waals surface area contributed by atoms with E-state index < -0.39 is 0 Å². The minimum Gasteiger partial charge on any atom is -0.383 e. The first-order valence-electron chi connectivity index (χ1n) is 9.05. The highest BCUT2D eigenvalue weighted by Crippen LogP contribution is 2.28. The number of pyridine rings is 1. The fourth-order valence-corrected chi connectivity index (χ4v) is 3.57. The van der Waals surface area contributed by atoms with E-state index in [4.69, 9.17) is 11.6 Å². The third kappa shape index (κ3) is 3.96. The van der Waals surface area contributed by atoms with Crippen LogP contribution < -0.4 is 10.2 Å². The Labute approximate surface area is 163 Å². The van der Waals surface area contributed by atoms with E-state index in [1.165, 1.54) is 11.1 Å². The van der Waals surface area contributed by atoms with Crippen LogP contribution in [0.1, 0.15) is 21.6 Å². The fraction of sp³-hybridized carbons (Fsp3) is 0.182. The van der Waals surface area contributed by atoms with Crippen molar-refractivity contribution in [1.82, 2.24) is 4.98 Å². The molecule has 2 aromatic carbocycles. The van der Waals surface area contributed by atoms with Crippen molar-refractivity contribution in [2.45, 2.75) is 12.8 Å². The van der Waals surface area contributed by atoms with Gasteiger partial charge in [0.2, 0.25) is 0 Å². The molecule has 1 N–H and O–H groups in total. The molecule has 1 aromatic heterocycles. The van der Waals surface area contributed by atoms with E-state index in [-0.39, 0.29) is 5.91 Å². The van der Waals surface area contributed by atoms with E-state index in [0.717, 1.165) is 35.8 Å². The largest absolute Gasteiger partial charge is 0.383 e. The molecule has 1 amide bonds. The summed E-state index contributed by atoms with van der Waals surface area (Å²) in [5.41, 5.74) is 4.75. The standard InChI is InChI=1S/C22H20ClN3O/c23-18-6-3-4-16(14-18)10-12-24-19-8-9-20(25-15-19)22(27)26-13-11-17-5-1-2-7-21(17)26/h1-9,14-15,24H,10-13H2. The smallest absolute Gasteiger partial charge is 0.276 e. The van der Waals surface area contributed by atoms with Crippen LogP contribution in [0, 0.1) is 0 Å². The summed E-state index contributed by atoms with van der Waals surface area (Å²) < 4.78 is 0. The van der Waals surface area contributed by atoms with Gasteiger partial charge in [0, 0.05) is 23.8 Å². The Morgan fingerprint density at radius 1 is 1.11 bits per heavy atom. The average molecular weight is 378 g/mol. The van der Waals surface area contributed by atoms with Crippen molar-refractivity contribution >= 4 is 28.9 Å². The van der Waals surface area contributed by atoms with Gasteiger partial charge in [-0.3, -0.25) is 4.79 Å². The van der Waals surface area contributed by atoms with Gasteiger partial charge in [-0.15, -0.1) is 0 Å². The molecule has 0 radical (unpaired) electrons. The van der Waals surface area contributed by atoms with E-state index in [0.29, 0.717) is 12.2 Å². The molecule has 5 heteroatoms. The number of aromatic nitrogens is 1. The van der Waals surface area contributed by atoms with Crippen LogP contribution in [0.25, 0.3) is 0 Å². The van der Waals surface area contributed by atoms with E-state index in [1.807, 2.05) is 47.4 Å². The van der Waals surface area contributed by atoms with Crippen LogP contribution >= 0.6 is 11.6 Å². The zero-order valence-corrected chi connectivity index (χ0v) is 15.6. The summed E-state index contributed by atoms with van der Waals surface area (Å²) in [6.45, 7) is 1.48. The molecular formula is C22H20ClN3O. The van der Waals surface area contributed by atoms with Crippen LogP contribution in [0.2, 0.25) is 5.02 Å². The second kappa shape index (κ2) is 7.80. The van der Waals surface area contributed by atoms with Crippen LogP contribution in [0.5, 0.6) is 0 Å². The summed E-state index contributed by atoms with van der Waals surface area (Å²) in [5, 5.41) is 4.08. The monoisotopic (exact) mass is 377 g/mol. The Balaban J connectivity index is 1.37. The molecule has 27 heavy (non-hydrogen) atoms. The van der Waals surface area contributed by atoms with Gasteiger partial charge in [-0.05, 0) is 54.3 Å². The lowest BCUT2D eigenvalue weighted by atomic mass is 10.1. The number of hydrogen-bond donors (Lipinski definition) is 1. The van der Waals surface area contributed by atoms with Crippen molar-refractivity contribution in [3.63, 3.8) is 0 Å². The Bertz CT molecular complexity index is 956. The Kier molecular flexibility index (Phi) is 5.07. The number of carbonyl (C=O) groups is 1. The molecule has 0 unspecified atom stereocenters. The van der Waals surface area contributed by atoms with Crippen molar-refractivity contribution in [1.29, 1.82) is 0 Å². The van der Waals surface area contributed by atoms with Crippen LogP contribution in [0.3, 0.4) is 0 Å². The van der Waals surface area contributed by atoms with Gasteiger partial charge in [0.1, 0.15) is 5.69 Å². The zero-order valence-electron chi connectivity index (χ0n) is 14.9. The molecule has 4 rings (SSSR count). The maximum Gasteiger partial charge on any atom is 0.276 e. The lowest BCUT2D eigenvalue weighted by molar-refractivity contribution is 0.0984. The molecule has 4 nitrogen and oxygen atoms in total. The number of benzene rings is 2. The van der Waals surface area contributed by atoms with Crippen molar-refractivity contribution in [2.75, 3.05) is 23.3 Å². The zero-order chi connectivity index (χ0) is 18.6. The second-order valence-corrected chi connectivity index (χ2v) is 7.01. The van der Waals surface area contributed by atoms with Crippen LogP contribution in [-0.2, 0) is 12.8 Å². The van der Waals surface area contributed by atoms with E-state index in [1.54, 1.807) is 12.3 Å². The van der Waals surface area contributed by atoms with Crippen LogP contribution in [-0.4, -0.2) is 24.0 Å². The molecule has 0 bridgehead atoms. The van der Waals surface area contributed by atoms with Crippen molar-refractivity contribution in [2.24, 2.45) is 0 Å². The molecule has 0 saturated heterocycles.